The highest BCUT2D eigenvalue weighted by atomic mass is 31.2. The van der Waals surface area contributed by atoms with Crippen molar-refractivity contribution < 1.29 is 80.2 Å². The Bertz CT molecular complexity index is 2420. The Kier molecular flexibility index (Phi) is 69.1. The molecule has 100 heavy (non-hydrogen) atoms. The summed E-state index contributed by atoms with van der Waals surface area (Å²) in [5.74, 6) is -2.24. The van der Waals surface area contributed by atoms with E-state index in [2.05, 4.69) is 161 Å². The zero-order chi connectivity index (χ0) is 73.2. The molecule has 0 aromatic carbocycles. The number of aliphatic hydroxyl groups excluding tert-OH is 1. The summed E-state index contributed by atoms with van der Waals surface area (Å²) >= 11 is 0. The molecule has 3 N–H and O–H groups in total. The van der Waals surface area contributed by atoms with Crippen molar-refractivity contribution in [3.63, 3.8) is 0 Å². The molecule has 0 radical (unpaired) electrons. The number of phosphoric ester groups is 2. The van der Waals surface area contributed by atoms with Gasteiger partial charge >= 0.3 is 39.5 Å². The molecule has 0 aliphatic heterocycles. The largest absolute Gasteiger partial charge is 0.472 e. The second kappa shape index (κ2) is 72.5. The number of rotatable bonds is 71. The van der Waals surface area contributed by atoms with E-state index in [1.54, 1.807) is 0 Å². The Balaban J connectivity index is 5.39. The second-order valence-electron chi connectivity index (χ2n) is 25.1. The molecule has 0 fully saturated rings. The topological polar surface area (TPSA) is 237 Å². The molecule has 572 valence electrons. The van der Waals surface area contributed by atoms with E-state index in [9.17, 15) is 43.2 Å². The molecule has 0 saturated heterocycles. The first-order valence-corrected chi connectivity index (χ1v) is 41.4. The van der Waals surface area contributed by atoms with E-state index in [-0.39, 0.29) is 25.7 Å². The number of carbonyl (C=O) groups excluding carboxylic acids is 4. The van der Waals surface area contributed by atoms with Gasteiger partial charge < -0.3 is 33.8 Å². The van der Waals surface area contributed by atoms with Crippen LogP contribution in [0.3, 0.4) is 0 Å². The summed E-state index contributed by atoms with van der Waals surface area (Å²) in [5, 5.41) is 10.6. The first-order chi connectivity index (χ1) is 48.7. The summed E-state index contributed by atoms with van der Waals surface area (Å²) in [5.41, 5.74) is 0. The van der Waals surface area contributed by atoms with Gasteiger partial charge in [-0.2, -0.15) is 0 Å². The van der Waals surface area contributed by atoms with E-state index in [0.717, 1.165) is 218 Å². The first kappa shape index (κ1) is 95.2. The SMILES string of the molecule is CC/C=C\C/C=C\C/C=C\CCCCCCCCCC(=O)OCC(COP(=O)(O)OCC(O)COP(=O)(O)OCC(COC(=O)CCCCCCC/C=C\C/C=C\C/C=C\CC)OC(=O)CCCCCCC/C=C\C/C=C\C/C=C\CC)OC(=O)CCCCCCC/C=C\C/C=C\CCC. The number of allylic oxidation sites excluding steroid dienone is 22. The highest BCUT2D eigenvalue weighted by Gasteiger charge is 2.30. The van der Waals surface area contributed by atoms with Crippen LogP contribution >= 0.6 is 15.6 Å². The molecule has 0 heterocycles. The molecule has 0 bridgehead atoms. The van der Waals surface area contributed by atoms with E-state index in [1.807, 2.05) is 0 Å². The molecule has 0 aliphatic carbocycles. The molecule has 0 saturated carbocycles. The highest BCUT2D eigenvalue weighted by Crippen LogP contribution is 2.45. The fourth-order valence-corrected chi connectivity index (χ4v) is 11.4. The lowest BCUT2D eigenvalue weighted by molar-refractivity contribution is -0.161. The average Bonchev–Trinajstić information content (AvgIpc) is 0.965. The van der Waals surface area contributed by atoms with E-state index < -0.39 is 97.5 Å². The van der Waals surface area contributed by atoms with Crippen LogP contribution in [0, 0.1) is 0 Å². The van der Waals surface area contributed by atoms with E-state index in [0.29, 0.717) is 25.7 Å². The van der Waals surface area contributed by atoms with Crippen molar-refractivity contribution in [2.75, 3.05) is 39.6 Å². The fraction of sp³-hybridized carbons (Fsp3) is 0.679. The smallest absolute Gasteiger partial charge is 0.462 e. The Morgan fingerprint density at radius 1 is 0.290 bits per heavy atom. The minimum Gasteiger partial charge on any atom is -0.462 e. The summed E-state index contributed by atoms with van der Waals surface area (Å²) < 4.78 is 68.5. The lowest BCUT2D eigenvalue weighted by Crippen LogP contribution is -2.30. The minimum atomic E-state index is -4.99. The van der Waals surface area contributed by atoms with Crippen molar-refractivity contribution >= 4 is 39.5 Å². The molecule has 0 aromatic heterocycles. The fourth-order valence-electron chi connectivity index (χ4n) is 9.83. The number of aliphatic hydroxyl groups is 1. The third kappa shape index (κ3) is 71.6. The van der Waals surface area contributed by atoms with Gasteiger partial charge in [0.25, 0.3) is 0 Å². The van der Waals surface area contributed by atoms with Crippen LogP contribution in [-0.2, 0) is 65.4 Å². The number of carbonyl (C=O) groups is 4. The van der Waals surface area contributed by atoms with Gasteiger partial charge in [0.05, 0.1) is 26.4 Å². The quantitative estimate of drug-likeness (QED) is 0.0169. The molecule has 5 atom stereocenters. The van der Waals surface area contributed by atoms with Crippen molar-refractivity contribution in [1.29, 1.82) is 0 Å². The van der Waals surface area contributed by atoms with Gasteiger partial charge in [-0.1, -0.05) is 258 Å². The summed E-state index contributed by atoms with van der Waals surface area (Å²) in [7, 11) is -9.97. The van der Waals surface area contributed by atoms with Gasteiger partial charge in [-0.05, 0) is 148 Å². The Morgan fingerprint density at radius 3 is 0.800 bits per heavy atom. The molecule has 0 aromatic rings. The van der Waals surface area contributed by atoms with E-state index in [4.69, 9.17) is 37.0 Å². The van der Waals surface area contributed by atoms with Crippen molar-refractivity contribution in [2.24, 2.45) is 0 Å². The van der Waals surface area contributed by atoms with Crippen molar-refractivity contribution in [2.45, 2.75) is 316 Å². The summed E-state index contributed by atoms with van der Waals surface area (Å²) in [6, 6.07) is 0. The minimum absolute atomic E-state index is 0.0682. The predicted molar refractivity (Wildman–Crippen MR) is 408 cm³/mol. The lowest BCUT2D eigenvalue weighted by atomic mass is 10.1. The van der Waals surface area contributed by atoms with Crippen molar-refractivity contribution in [1.82, 2.24) is 0 Å². The molecule has 5 unspecified atom stereocenters. The first-order valence-electron chi connectivity index (χ1n) is 38.4. The summed E-state index contributed by atoms with van der Waals surface area (Å²) in [6.45, 7) is 4.41. The van der Waals surface area contributed by atoms with Crippen molar-refractivity contribution in [3.05, 3.63) is 134 Å². The van der Waals surface area contributed by atoms with E-state index >= 15 is 0 Å². The zero-order valence-corrected chi connectivity index (χ0v) is 64.1. The highest BCUT2D eigenvalue weighted by molar-refractivity contribution is 7.47. The molecule has 19 heteroatoms. The van der Waals surface area contributed by atoms with Crippen LogP contribution in [-0.4, -0.2) is 96.7 Å². The Hall–Kier alpha value is -4.80. The van der Waals surface area contributed by atoms with Gasteiger partial charge in [0, 0.05) is 25.7 Å². The summed E-state index contributed by atoms with van der Waals surface area (Å²) in [4.78, 5) is 72.9. The van der Waals surface area contributed by atoms with Crippen LogP contribution in [0.1, 0.15) is 297 Å². The number of hydrogen-bond donors (Lipinski definition) is 3. The lowest BCUT2D eigenvalue weighted by Gasteiger charge is -2.21. The Labute approximate surface area is 605 Å². The van der Waals surface area contributed by atoms with Gasteiger partial charge in [0.15, 0.2) is 12.2 Å². The third-order valence-electron chi connectivity index (χ3n) is 15.6. The number of ether oxygens (including phenoxy) is 4. The number of hydrogen-bond acceptors (Lipinski definition) is 15. The van der Waals surface area contributed by atoms with Gasteiger partial charge in [-0.3, -0.25) is 37.3 Å². The van der Waals surface area contributed by atoms with Gasteiger partial charge in [-0.25, -0.2) is 9.13 Å². The molecular formula is C81H136O17P2. The number of phosphoric acid groups is 2. The van der Waals surface area contributed by atoms with Crippen molar-refractivity contribution in [3.8, 4) is 0 Å². The maximum absolute atomic E-state index is 13.1. The van der Waals surface area contributed by atoms with Crippen LogP contribution in [0.15, 0.2) is 134 Å². The third-order valence-corrected chi connectivity index (χ3v) is 17.5. The Morgan fingerprint density at radius 2 is 0.520 bits per heavy atom. The maximum Gasteiger partial charge on any atom is 0.472 e. The number of unbranched alkanes of at least 4 members (excludes halogenated alkanes) is 23. The zero-order valence-electron chi connectivity index (χ0n) is 62.3. The monoisotopic (exact) mass is 1440 g/mol. The van der Waals surface area contributed by atoms with Gasteiger partial charge in [-0.15, -0.1) is 0 Å². The predicted octanol–water partition coefficient (Wildman–Crippen LogP) is 22.1. The van der Waals surface area contributed by atoms with Gasteiger partial charge in [0.1, 0.15) is 19.3 Å². The number of esters is 4. The van der Waals surface area contributed by atoms with Crippen LogP contribution < -0.4 is 0 Å². The average molecular weight is 1440 g/mol. The van der Waals surface area contributed by atoms with Gasteiger partial charge in [0.2, 0.25) is 0 Å². The molecule has 17 nitrogen and oxygen atoms in total. The standard InChI is InChI=1S/C81H136O17P2/c1-5-9-13-17-21-25-29-33-36-37-40-43-46-50-54-58-62-66-79(84)92-71-76(97-80(85)67-63-59-55-51-47-41-32-28-24-20-16-12-8-4)73-95-99(87,88)93-69-75(82)70-94-100(89,90)96-74-77(98-81(86)68-64-60-56-52-48-44-39-35-31-27-23-19-15-11-7-3)72-91-78(83)65-61-57-53-49-45-42-38-34-30-26-22-18-14-10-6-2/h9-11,13-16,20-23,25-28,32-36,38-39,75-77,82H,5-8,12,17-19,24,29-31,37,40-74H2,1-4H3,(H,87,88)(H,89,90)/b13-9-,14-10-,15-11-,20-16-,25-21-,26-22-,27-23-,32-28-,36-33-,38-34-,39-35-. The molecule has 0 amide bonds. The normalized spacial score (nSPS) is 14.7. The second-order valence-corrected chi connectivity index (χ2v) is 28.1. The van der Waals surface area contributed by atoms with Crippen LogP contribution in [0.25, 0.3) is 0 Å². The van der Waals surface area contributed by atoms with Crippen LogP contribution in [0.2, 0.25) is 0 Å². The molecule has 0 aliphatic rings. The molecule has 0 spiro atoms. The molecular weight excluding hydrogens is 1310 g/mol. The van der Waals surface area contributed by atoms with E-state index in [1.165, 1.54) is 0 Å². The van der Waals surface area contributed by atoms with Crippen LogP contribution in [0.5, 0.6) is 0 Å². The molecule has 0 rings (SSSR count). The maximum atomic E-state index is 13.1. The summed E-state index contributed by atoms with van der Waals surface area (Å²) in [6.07, 6.45) is 80.1. The van der Waals surface area contributed by atoms with Crippen LogP contribution in [0.4, 0.5) is 0 Å².